The van der Waals surface area contributed by atoms with E-state index in [1.807, 2.05) is 56.3 Å². The van der Waals surface area contributed by atoms with E-state index in [0.717, 1.165) is 5.56 Å². The Morgan fingerprint density at radius 2 is 1.61 bits per heavy atom. The van der Waals surface area contributed by atoms with Crippen molar-refractivity contribution < 1.29 is 14.3 Å². The van der Waals surface area contributed by atoms with Gasteiger partial charge in [-0.2, -0.15) is 0 Å². The third-order valence-corrected chi connectivity index (χ3v) is 5.25. The maximum atomic E-state index is 13.0. The fourth-order valence-corrected chi connectivity index (χ4v) is 3.99. The third kappa shape index (κ3) is 2.27. The number of hydrogen-bond acceptors (Lipinski definition) is 5. The fourth-order valence-electron chi connectivity index (χ4n) is 3.99. The Balaban J connectivity index is 1.66. The standard InChI is InChI=1S/C22H17N3O3/c1-22(2)21(25-12-16(23-24-25)13-8-4-3-5-9-13)17-19(27)18(26)14-10-6-7-11-15(14)20(17)28-22/h3-12,21H,1-2H3. The van der Waals surface area contributed by atoms with Crippen molar-refractivity contribution in [1.82, 2.24) is 15.0 Å². The van der Waals surface area contributed by atoms with Crippen LogP contribution in [0.25, 0.3) is 17.0 Å². The number of nitrogens with zero attached hydrogens (tertiary/aromatic N) is 3. The summed E-state index contributed by atoms with van der Waals surface area (Å²) >= 11 is 0. The van der Waals surface area contributed by atoms with E-state index < -0.39 is 23.2 Å². The summed E-state index contributed by atoms with van der Waals surface area (Å²) in [4.78, 5) is 25.7. The molecule has 1 unspecified atom stereocenters. The minimum atomic E-state index is -0.764. The normalized spacial score (nSPS) is 20.0. The molecule has 1 aliphatic carbocycles. The second-order valence-electron chi connectivity index (χ2n) is 7.50. The molecule has 1 aromatic heterocycles. The summed E-state index contributed by atoms with van der Waals surface area (Å²) in [6, 6.07) is 16.2. The molecule has 3 aromatic rings. The Bertz CT molecular complexity index is 1160. The van der Waals surface area contributed by atoms with Gasteiger partial charge in [-0.15, -0.1) is 5.10 Å². The fraction of sp³-hybridized carbons (Fsp3) is 0.182. The smallest absolute Gasteiger partial charge is 0.235 e. The van der Waals surface area contributed by atoms with E-state index in [0.29, 0.717) is 28.2 Å². The number of ether oxygens (including phenoxy) is 1. The number of ketones is 2. The number of aromatic nitrogens is 3. The van der Waals surface area contributed by atoms with Crippen LogP contribution in [0, 0.1) is 0 Å². The van der Waals surface area contributed by atoms with E-state index in [1.165, 1.54) is 0 Å². The van der Waals surface area contributed by atoms with Crippen LogP contribution in [0.2, 0.25) is 0 Å². The minimum Gasteiger partial charge on any atom is -0.484 e. The van der Waals surface area contributed by atoms with Crippen LogP contribution in [-0.4, -0.2) is 32.2 Å². The second kappa shape index (κ2) is 5.73. The SMILES string of the molecule is CC1(C)OC2=C(C(=O)C(=O)c3ccccc32)C1n1cc(-c2ccccc2)nn1. The Hall–Kier alpha value is -3.54. The summed E-state index contributed by atoms with van der Waals surface area (Å²) in [6.45, 7) is 3.78. The lowest BCUT2D eigenvalue weighted by Crippen LogP contribution is -2.35. The van der Waals surface area contributed by atoms with Gasteiger partial charge in [-0.3, -0.25) is 9.59 Å². The zero-order valence-corrected chi connectivity index (χ0v) is 15.4. The van der Waals surface area contributed by atoms with Gasteiger partial charge >= 0.3 is 0 Å². The van der Waals surface area contributed by atoms with E-state index in [1.54, 1.807) is 23.0 Å². The molecule has 0 N–H and O–H groups in total. The zero-order chi connectivity index (χ0) is 19.5. The van der Waals surface area contributed by atoms with Crippen molar-refractivity contribution in [2.75, 3.05) is 0 Å². The van der Waals surface area contributed by atoms with Crippen LogP contribution in [0.4, 0.5) is 0 Å². The second-order valence-corrected chi connectivity index (χ2v) is 7.50. The van der Waals surface area contributed by atoms with Gasteiger partial charge in [0.2, 0.25) is 11.6 Å². The van der Waals surface area contributed by atoms with Gasteiger partial charge in [-0.25, -0.2) is 4.68 Å². The van der Waals surface area contributed by atoms with Crippen molar-refractivity contribution in [3.8, 4) is 11.3 Å². The molecule has 1 atom stereocenters. The van der Waals surface area contributed by atoms with E-state index in [2.05, 4.69) is 10.3 Å². The topological polar surface area (TPSA) is 74.1 Å². The van der Waals surface area contributed by atoms with Crippen LogP contribution >= 0.6 is 0 Å². The van der Waals surface area contributed by atoms with Crippen molar-refractivity contribution in [2.45, 2.75) is 25.5 Å². The predicted molar refractivity (Wildman–Crippen MR) is 102 cm³/mol. The van der Waals surface area contributed by atoms with E-state index in [4.69, 9.17) is 4.74 Å². The number of rotatable bonds is 2. The molecule has 0 spiro atoms. The van der Waals surface area contributed by atoms with Gasteiger partial charge in [0, 0.05) is 16.7 Å². The first-order valence-corrected chi connectivity index (χ1v) is 9.06. The van der Waals surface area contributed by atoms with E-state index >= 15 is 0 Å². The number of carbonyl (C=O) groups excluding carboxylic acids is 2. The van der Waals surface area contributed by atoms with Crippen LogP contribution in [0.3, 0.4) is 0 Å². The molecule has 2 heterocycles. The highest BCUT2D eigenvalue weighted by atomic mass is 16.5. The van der Waals surface area contributed by atoms with Gasteiger partial charge in [0.25, 0.3) is 0 Å². The first-order chi connectivity index (χ1) is 13.5. The summed E-state index contributed by atoms with van der Waals surface area (Å²) in [5, 5.41) is 8.53. The van der Waals surface area contributed by atoms with E-state index in [9.17, 15) is 9.59 Å². The Morgan fingerprint density at radius 3 is 2.36 bits per heavy atom. The largest absolute Gasteiger partial charge is 0.484 e. The average molecular weight is 371 g/mol. The lowest BCUT2D eigenvalue weighted by molar-refractivity contribution is -0.112. The molecule has 1 aliphatic heterocycles. The van der Waals surface area contributed by atoms with Crippen LogP contribution in [0.5, 0.6) is 0 Å². The van der Waals surface area contributed by atoms with Gasteiger partial charge in [0.15, 0.2) is 0 Å². The molecule has 0 bridgehead atoms. The molecular formula is C22H17N3O3. The maximum Gasteiger partial charge on any atom is 0.235 e. The Kier molecular flexibility index (Phi) is 3.40. The van der Waals surface area contributed by atoms with Gasteiger partial charge < -0.3 is 4.74 Å². The predicted octanol–water partition coefficient (Wildman–Crippen LogP) is 3.47. The third-order valence-electron chi connectivity index (χ3n) is 5.25. The molecule has 6 nitrogen and oxygen atoms in total. The number of benzene rings is 2. The van der Waals surface area contributed by atoms with Crippen molar-refractivity contribution in [2.24, 2.45) is 0 Å². The quantitative estimate of drug-likeness (QED) is 0.645. The highest BCUT2D eigenvalue weighted by Crippen LogP contribution is 2.49. The van der Waals surface area contributed by atoms with Crippen LogP contribution < -0.4 is 0 Å². The summed E-state index contributed by atoms with van der Waals surface area (Å²) in [6.07, 6.45) is 1.79. The number of hydrogen-bond donors (Lipinski definition) is 0. The molecule has 2 aliphatic rings. The average Bonchev–Trinajstić information content (AvgIpc) is 3.28. The van der Waals surface area contributed by atoms with Crippen molar-refractivity contribution in [1.29, 1.82) is 0 Å². The molecule has 0 saturated carbocycles. The zero-order valence-electron chi connectivity index (χ0n) is 15.4. The van der Waals surface area contributed by atoms with Gasteiger partial charge in [-0.1, -0.05) is 59.8 Å². The number of carbonyl (C=O) groups is 2. The van der Waals surface area contributed by atoms with Crippen molar-refractivity contribution in [3.63, 3.8) is 0 Å². The molecule has 0 saturated heterocycles. The molecule has 138 valence electrons. The summed E-state index contributed by atoms with van der Waals surface area (Å²) in [5.74, 6) is -0.586. The van der Waals surface area contributed by atoms with Crippen molar-refractivity contribution >= 4 is 17.3 Å². The summed E-state index contributed by atoms with van der Waals surface area (Å²) in [5.41, 5.74) is 2.24. The minimum absolute atomic E-state index is 0.346. The molecule has 2 aromatic carbocycles. The highest BCUT2D eigenvalue weighted by Gasteiger charge is 2.52. The molecule has 28 heavy (non-hydrogen) atoms. The molecule has 5 rings (SSSR count). The number of Topliss-reactive ketones (excluding diaryl/α,β-unsaturated/α-hetero) is 2. The lowest BCUT2D eigenvalue weighted by atomic mass is 9.83. The summed E-state index contributed by atoms with van der Waals surface area (Å²) in [7, 11) is 0. The molecular weight excluding hydrogens is 354 g/mol. The van der Waals surface area contributed by atoms with Gasteiger partial charge in [-0.05, 0) is 13.8 Å². The maximum absolute atomic E-state index is 13.0. The van der Waals surface area contributed by atoms with E-state index in [-0.39, 0.29) is 0 Å². The number of fused-ring (bicyclic) bond motifs is 2. The van der Waals surface area contributed by atoms with Crippen LogP contribution in [-0.2, 0) is 9.53 Å². The Labute approximate surface area is 161 Å². The lowest BCUT2D eigenvalue weighted by Gasteiger charge is -2.27. The summed E-state index contributed by atoms with van der Waals surface area (Å²) < 4.78 is 7.83. The first kappa shape index (κ1) is 16.6. The van der Waals surface area contributed by atoms with Crippen LogP contribution in [0.1, 0.15) is 35.8 Å². The Morgan fingerprint density at radius 1 is 0.929 bits per heavy atom. The molecule has 0 amide bonds. The molecule has 0 radical (unpaired) electrons. The first-order valence-electron chi connectivity index (χ1n) is 9.06. The van der Waals surface area contributed by atoms with Crippen LogP contribution in [0.15, 0.2) is 66.4 Å². The van der Waals surface area contributed by atoms with Crippen molar-refractivity contribution in [3.05, 3.63) is 77.5 Å². The molecule has 0 fully saturated rings. The monoisotopic (exact) mass is 371 g/mol. The molecule has 6 heteroatoms. The van der Waals surface area contributed by atoms with Gasteiger partial charge in [0.1, 0.15) is 23.1 Å². The highest BCUT2D eigenvalue weighted by molar-refractivity contribution is 6.52. The van der Waals surface area contributed by atoms with Gasteiger partial charge in [0.05, 0.1) is 11.8 Å².